The van der Waals surface area contributed by atoms with Gasteiger partial charge in [-0.25, -0.2) is 4.79 Å². The number of hydrogen-bond donors (Lipinski definition) is 0. The Hall–Kier alpha value is -3.31. The van der Waals surface area contributed by atoms with Gasteiger partial charge in [0.1, 0.15) is 11.8 Å². The number of halogens is 1. The smallest absolute Gasteiger partial charge is 0.328 e. The van der Waals surface area contributed by atoms with E-state index in [1.807, 2.05) is 54.6 Å². The van der Waals surface area contributed by atoms with Crippen LogP contribution in [0, 0.1) is 0 Å². The molecule has 0 saturated carbocycles. The minimum atomic E-state index is -0.650. The molecule has 5 nitrogen and oxygen atoms in total. The van der Waals surface area contributed by atoms with E-state index in [1.165, 1.54) is 7.11 Å². The van der Waals surface area contributed by atoms with E-state index < -0.39 is 12.0 Å². The van der Waals surface area contributed by atoms with Crippen LogP contribution in [0.1, 0.15) is 34.8 Å². The van der Waals surface area contributed by atoms with Crippen molar-refractivity contribution >= 4 is 23.5 Å². The zero-order valence-corrected chi connectivity index (χ0v) is 18.7. The normalized spacial score (nSPS) is 17.8. The topological polar surface area (TPSA) is 55.8 Å². The van der Waals surface area contributed by atoms with Crippen LogP contribution in [0.15, 0.2) is 72.8 Å². The molecule has 0 N–H and O–H groups in total. The van der Waals surface area contributed by atoms with Gasteiger partial charge in [-0.15, -0.1) is 0 Å². The van der Waals surface area contributed by atoms with Crippen molar-refractivity contribution < 1.29 is 19.1 Å². The first kappa shape index (κ1) is 21.9. The molecule has 1 heterocycles. The third-order valence-electron chi connectivity index (χ3n) is 5.91. The van der Waals surface area contributed by atoms with Crippen LogP contribution in [0.25, 0.3) is 11.1 Å². The summed E-state index contributed by atoms with van der Waals surface area (Å²) in [6.45, 7) is 0. The zero-order chi connectivity index (χ0) is 22.7. The van der Waals surface area contributed by atoms with Crippen LogP contribution in [-0.2, 0) is 9.53 Å². The molecule has 32 heavy (non-hydrogen) atoms. The Morgan fingerprint density at radius 1 is 0.906 bits per heavy atom. The molecule has 2 atom stereocenters. The van der Waals surface area contributed by atoms with Crippen molar-refractivity contribution in [2.24, 2.45) is 0 Å². The SMILES string of the molecule is COC(=O)[C@@H]1CCC(c2ccccc2Cl)N1C(=O)c1ccc(-c2ccccc2OC)cc1. The molecule has 1 amide bonds. The molecule has 3 aromatic carbocycles. The molecule has 0 spiro atoms. The predicted molar refractivity (Wildman–Crippen MR) is 124 cm³/mol. The highest BCUT2D eigenvalue weighted by atomic mass is 35.5. The lowest BCUT2D eigenvalue weighted by molar-refractivity contribution is -0.145. The first-order chi connectivity index (χ1) is 15.5. The Balaban J connectivity index is 1.68. The summed E-state index contributed by atoms with van der Waals surface area (Å²) in [5.41, 5.74) is 3.21. The van der Waals surface area contributed by atoms with E-state index >= 15 is 0 Å². The number of carbonyl (C=O) groups is 2. The molecule has 0 radical (unpaired) electrons. The molecule has 1 fully saturated rings. The van der Waals surface area contributed by atoms with Crippen molar-refractivity contribution in [1.82, 2.24) is 4.90 Å². The molecule has 0 aromatic heterocycles. The first-order valence-electron chi connectivity index (χ1n) is 10.4. The van der Waals surface area contributed by atoms with Crippen LogP contribution < -0.4 is 4.74 Å². The Kier molecular flexibility index (Phi) is 6.47. The molecule has 164 valence electrons. The summed E-state index contributed by atoms with van der Waals surface area (Å²) in [5, 5.41) is 0.576. The van der Waals surface area contributed by atoms with Crippen molar-refractivity contribution in [2.75, 3.05) is 14.2 Å². The number of benzene rings is 3. The van der Waals surface area contributed by atoms with Gasteiger partial charge in [-0.2, -0.15) is 0 Å². The van der Waals surface area contributed by atoms with Gasteiger partial charge in [0.05, 0.1) is 20.3 Å². The number of ether oxygens (including phenoxy) is 2. The average Bonchev–Trinajstić information content (AvgIpc) is 3.28. The number of amides is 1. The van der Waals surface area contributed by atoms with Gasteiger partial charge in [0.25, 0.3) is 5.91 Å². The number of rotatable bonds is 5. The molecule has 1 aliphatic rings. The fraction of sp³-hybridized carbons (Fsp3) is 0.231. The summed E-state index contributed by atoms with van der Waals surface area (Å²) >= 11 is 6.43. The van der Waals surface area contributed by atoms with Crippen molar-refractivity contribution in [3.8, 4) is 16.9 Å². The Morgan fingerprint density at radius 2 is 1.59 bits per heavy atom. The molecule has 6 heteroatoms. The van der Waals surface area contributed by atoms with Gasteiger partial charge in [0, 0.05) is 16.1 Å². The highest BCUT2D eigenvalue weighted by molar-refractivity contribution is 6.31. The van der Waals surface area contributed by atoms with Gasteiger partial charge in [-0.05, 0) is 48.2 Å². The Morgan fingerprint density at radius 3 is 2.28 bits per heavy atom. The maximum absolute atomic E-state index is 13.6. The van der Waals surface area contributed by atoms with Crippen molar-refractivity contribution in [2.45, 2.75) is 24.9 Å². The fourth-order valence-electron chi connectivity index (χ4n) is 4.34. The number of esters is 1. The molecule has 1 saturated heterocycles. The number of nitrogens with zero attached hydrogens (tertiary/aromatic N) is 1. The fourth-order valence-corrected chi connectivity index (χ4v) is 4.60. The minimum absolute atomic E-state index is 0.227. The van der Waals surface area contributed by atoms with Gasteiger partial charge in [-0.3, -0.25) is 4.79 Å². The predicted octanol–water partition coefficient (Wildman–Crippen LogP) is 5.53. The summed E-state index contributed by atoms with van der Waals surface area (Å²) in [5.74, 6) is 0.114. The zero-order valence-electron chi connectivity index (χ0n) is 18.0. The van der Waals surface area contributed by atoms with Crippen LogP contribution >= 0.6 is 11.6 Å². The summed E-state index contributed by atoms with van der Waals surface area (Å²) < 4.78 is 10.4. The van der Waals surface area contributed by atoms with E-state index in [0.717, 1.165) is 22.4 Å². The number of hydrogen-bond acceptors (Lipinski definition) is 4. The van der Waals surface area contributed by atoms with Gasteiger partial charge in [-0.1, -0.05) is 60.1 Å². The molecule has 0 bridgehead atoms. The first-order valence-corrected chi connectivity index (χ1v) is 10.8. The summed E-state index contributed by atoms with van der Waals surface area (Å²) in [6, 6.07) is 21.5. The molecule has 0 aliphatic carbocycles. The van der Waals surface area contributed by atoms with Crippen molar-refractivity contribution in [1.29, 1.82) is 0 Å². The number of likely N-dealkylation sites (tertiary alicyclic amines) is 1. The van der Waals surface area contributed by atoms with Crippen LogP contribution in [0.3, 0.4) is 0 Å². The molecule has 3 aromatic rings. The van der Waals surface area contributed by atoms with Gasteiger partial charge < -0.3 is 14.4 Å². The van der Waals surface area contributed by atoms with E-state index in [1.54, 1.807) is 30.2 Å². The maximum atomic E-state index is 13.6. The Labute approximate surface area is 192 Å². The summed E-state index contributed by atoms with van der Waals surface area (Å²) in [4.78, 5) is 27.7. The van der Waals surface area contributed by atoms with Gasteiger partial charge >= 0.3 is 5.97 Å². The maximum Gasteiger partial charge on any atom is 0.328 e. The molecule has 1 unspecified atom stereocenters. The minimum Gasteiger partial charge on any atom is -0.496 e. The van der Waals surface area contributed by atoms with Gasteiger partial charge in [0.2, 0.25) is 0 Å². The van der Waals surface area contributed by atoms with E-state index in [9.17, 15) is 9.59 Å². The number of methoxy groups -OCH3 is 2. The molecule has 4 rings (SSSR count). The van der Waals surface area contributed by atoms with E-state index in [2.05, 4.69) is 0 Å². The second kappa shape index (κ2) is 9.45. The van der Waals surface area contributed by atoms with Crippen LogP contribution in [0.5, 0.6) is 5.75 Å². The number of para-hydroxylation sites is 1. The van der Waals surface area contributed by atoms with Crippen molar-refractivity contribution in [3.05, 3.63) is 88.9 Å². The average molecular weight is 450 g/mol. The highest BCUT2D eigenvalue weighted by Gasteiger charge is 2.43. The van der Waals surface area contributed by atoms with Crippen LogP contribution in [0.4, 0.5) is 0 Å². The second-order valence-electron chi connectivity index (χ2n) is 7.64. The molecule has 1 aliphatic heterocycles. The lowest BCUT2D eigenvalue weighted by atomic mass is 10.0. The second-order valence-corrected chi connectivity index (χ2v) is 8.05. The van der Waals surface area contributed by atoms with E-state index in [0.29, 0.717) is 23.4 Å². The molecular formula is C26H24ClNO4. The standard InChI is InChI=1S/C26H24ClNO4/c1-31-24-10-6-4-7-19(24)17-11-13-18(14-12-17)25(29)28-22(15-16-23(28)26(30)32-2)20-8-3-5-9-21(20)27/h3-14,22-23H,15-16H2,1-2H3/t22?,23-/m0/s1. The van der Waals surface area contributed by atoms with Crippen LogP contribution in [-0.4, -0.2) is 37.0 Å². The summed E-state index contributed by atoms with van der Waals surface area (Å²) in [6.07, 6.45) is 1.15. The summed E-state index contributed by atoms with van der Waals surface area (Å²) in [7, 11) is 2.97. The monoisotopic (exact) mass is 449 g/mol. The largest absolute Gasteiger partial charge is 0.496 e. The third-order valence-corrected chi connectivity index (χ3v) is 6.25. The van der Waals surface area contributed by atoms with E-state index in [4.69, 9.17) is 21.1 Å². The van der Waals surface area contributed by atoms with Crippen LogP contribution in [0.2, 0.25) is 5.02 Å². The van der Waals surface area contributed by atoms with Crippen molar-refractivity contribution in [3.63, 3.8) is 0 Å². The third kappa shape index (κ3) is 4.08. The van der Waals surface area contributed by atoms with E-state index in [-0.39, 0.29) is 11.9 Å². The quantitative estimate of drug-likeness (QED) is 0.480. The number of carbonyl (C=O) groups excluding carboxylic acids is 2. The highest BCUT2D eigenvalue weighted by Crippen LogP contribution is 2.40. The molecular weight excluding hydrogens is 426 g/mol. The lowest BCUT2D eigenvalue weighted by Crippen LogP contribution is -2.42. The lowest BCUT2D eigenvalue weighted by Gasteiger charge is -2.30. The van der Waals surface area contributed by atoms with Gasteiger partial charge in [0.15, 0.2) is 0 Å². The Bertz CT molecular complexity index is 1130.